The van der Waals surface area contributed by atoms with Crippen LogP contribution in [0.5, 0.6) is 0 Å². The zero-order chi connectivity index (χ0) is 49.9. The van der Waals surface area contributed by atoms with Crippen molar-refractivity contribution in [2.75, 3.05) is 0 Å². The molecule has 0 aliphatic rings. The highest BCUT2D eigenvalue weighted by Gasteiger charge is 2.25. The van der Waals surface area contributed by atoms with Crippen molar-refractivity contribution < 1.29 is 18.6 Å². The lowest BCUT2D eigenvalue weighted by molar-refractivity contribution is -0.571. The Kier molecular flexibility index (Phi) is 7.60. The van der Waals surface area contributed by atoms with E-state index < -0.39 is 24.5 Å². The van der Waals surface area contributed by atoms with E-state index in [1.54, 1.807) is 18.5 Å². The van der Waals surface area contributed by atoms with Crippen LogP contribution in [0.25, 0.3) is 83.3 Å². The van der Waals surface area contributed by atoms with Crippen LogP contribution in [0, 0.1) is 6.33 Å². The van der Waals surface area contributed by atoms with Crippen LogP contribution in [0.2, 0.25) is 0 Å². The number of nitrogens with zero attached hydrogens (tertiary/aromatic N) is 4. The van der Waals surface area contributed by atoms with Gasteiger partial charge in [-0.2, -0.15) is 0 Å². The second-order valence-electron chi connectivity index (χ2n) is 18.5. The molecule has 312 valence electrons. The lowest BCUT2D eigenvalue weighted by Gasteiger charge is -2.27. The molecule has 0 fully saturated rings. The number of hydrogen-bond donors (Lipinski definition) is 0. The van der Waals surface area contributed by atoms with Crippen LogP contribution in [0.3, 0.4) is 0 Å². The smallest absolute Gasteiger partial charge is 0.269 e. The van der Waals surface area contributed by atoms with Gasteiger partial charge in [-0.25, -0.2) is 4.98 Å². The summed E-state index contributed by atoms with van der Waals surface area (Å²) in [6.07, 6.45) is 5.05. The Bertz CT molecular complexity index is 3900. The van der Waals surface area contributed by atoms with Gasteiger partial charge in [0.25, 0.3) is 6.33 Å². The average Bonchev–Trinajstić information content (AvgIpc) is 4.08. The number of hydrogen-bond acceptors (Lipinski definition) is 2. The third-order valence-electron chi connectivity index (χ3n) is 12.2. The largest absolute Gasteiger partial charge is 0.463 e. The molecule has 0 N–H and O–H groups in total. The number of rotatable bonds is 7. The molecule has 0 aliphatic carbocycles. The van der Waals surface area contributed by atoms with Gasteiger partial charge in [-0.15, -0.1) is 0 Å². The predicted molar refractivity (Wildman–Crippen MR) is 263 cm³/mol. The lowest BCUT2D eigenvalue weighted by atomic mass is 9.78. The van der Waals surface area contributed by atoms with Crippen molar-refractivity contribution in [1.82, 2.24) is 14.1 Å². The molecule has 0 bridgehead atoms. The van der Waals surface area contributed by atoms with E-state index in [1.807, 2.05) is 112 Å². The minimum absolute atomic E-state index is 0.0811. The van der Waals surface area contributed by atoms with E-state index in [-0.39, 0.29) is 28.5 Å². The Morgan fingerprint density at radius 3 is 2.11 bits per heavy atom. The molecule has 4 aromatic heterocycles. The van der Waals surface area contributed by atoms with E-state index in [0.29, 0.717) is 39.5 Å². The van der Waals surface area contributed by atoms with Crippen molar-refractivity contribution in [3.8, 4) is 39.4 Å². The standard InChI is InChI=1S/C59H50N4O/c1-58(2,3)44-33-43(34-45(36-44)59(4,5)6)48-22-15-21-47(41-17-8-7-9-18-41)57(48)62-38-61(52-24-12-13-25-53(52)62)46-19-14-16-39(31-46)30-40-26-27-50-49-20-10-11-23-51(49)63(54(50)32-40)56-35-42-28-29-64-55(42)37-60-56/h7-29,31-37H,30H2,1-6H3/i7D,8D,9D,17D,18D,30D2. The third-order valence-corrected chi connectivity index (χ3v) is 12.2. The van der Waals surface area contributed by atoms with Crippen LogP contribution in [-0.4, -0.2) is 14.1 Å². The summed E-state index contributed by atoms with van der Waals surface area (Å²) in [6.45, 7) is 13.1. The zero-order valence-corrected chi connectivity index (χ0v) is 36.6. The SMILES string of the molecule is [2H]c1c([2H])c([2H])c(-c2cccc(-c3cc(C(C)(C)C)cc(C(C)(C)C)c3)c2-[n+]2[c-]n(-c3cccc(C([2H])([2H])c4ccc5c6ccccc6n(-c6cc7ccoc7cn6)c5c4)c3)c3ccccc32)c([2H])c1[2H]. The molecule has 0 unspecified atom stereocenters. The highest BCUT2D eigenvalue weighted by molar-refractivity contribution is 6.09. The van der Waals surface area contributed by atoms with Gasteiger partial charge in [-0.3, -0.25) is 13.7 Å². The number of furan rings is 1. The van der Waals surface area contributed by atoms with E-state index in [1.165, 1.54) is 0 Å². The summed E-state index contributed by atoms with van der Waals surface area (Å²) in [4.78, 5) is 4.78. The first-order valence-corrected chi connectivity index (χ1v) is 21.6. The van der Waals surface area contributed by atoms with E-state index >= 15 is 0 Å². The first-order chi connectivity index (χ1) is 33.8. The Balaban J connectivity index is 1.11. The Labute approximate surface area is 384 Å². The topological polar surface area (TPSA) is 39.8 Å². The summed E-state index contributed by atoms with van der Waals surface area (Å²) in [5.74, 6) is 0.695. The second kappa shape index (κ2) is 15.1. The van der Waals surface area contributed by atoms with Crippen LogP contribution in [0.4, 0.5) is 0 Å². The fourth-order valence-electron chi connectivity index (χ4n) is 8.83. The molecule has 0 atom stereocenters. The molecule has 7 aromatic carbocycles. The molecule has 0 amide bonds. The van der Waals surface area contributed by atoms with Crippen molar-refractivity contribution in [1.29, 1.82) is 0 Å². The molecular formula is C59H50N4O. The van der Waals surface area contributed by atoms with E-state index in [0.717, 1.165) is 60.5 Å². The summed E-state index contributed by atoms with van der Waals surface area (Å²) in [5, 5.41) is 2.92. The maximum Gasteiger partial charge on any atom is 0.269 e. The fraction of sp³-hybridized carbons (Fsp3) is 0.153. The monoisotopic (exact) mass is 837 g/mol. The summed E-state index contributed by atoms with van der Waals surface area (Å²) >= 11 is 0. The fourth-order valence-corrected chi connectivity index (χ4v) is 8.83. The van der Waals surface area contributed by atoms with E-state index in [9.17, 15) is 5.48 Å². The number of fused-ring (bicyclic) bond motifs is 5. The summed E-state index contributed by atoms with van der Waals surface area (Å²) in [5.41, 5.74) is 10.2. The summed E-state index contributed by atoms with van der Waals surface area (Å²) < 4.78 is 75.5. The van der Waals surface area contributed by atoms with Crippen LogP contribution in [-0.2, 0) is 17.2 Å². The summed E-state index contributed by atoms with van der Waals surface area (Å²) in [7, 11) is 0. The Morgan fingerprint density at radius 2 is 1.33 bits per heavy atom. The van der Waals surface area contributed by atoms with Crippen molar-refractivity contribution in [3.63, 3.8) is 0 Å². The molecule has 11 aromatic rings. The van der Waals surface area contributed by atoms with Crippen molar-refractivity contribution in [2.24, 2.45) is 0 Å². The second-order valence-corrected chi connectivity index (χ2v) is 18.5. The first kappa shape index (κ1) is 32.2. The number of benzene rings is 7. The molecular weight excluding hydrogens is 781 g/mol. The lowest BCUT2D eigenvalue weighted by Crippen LogP contribution is -2.31. The summed E-state index contributed by atoms with van der Waals surface area (Å²) in [6, 6.07) is 43.5. The molecule has 11 rings (SSSR count). The highest BCUT2D eigenvalue weighted by Crippen LogP contribution is 2.39. The van der Waals surface area contributed by atoms with Crippen molar-refractivity contribution in [3.05, 3.63) is 211 Å². The number of aromatic nitrogens is 4. The molecule has 0 saturated heterocycles. The van der Waals surface area contributed by atoms with Gasteiger partial charge in [0.1, 0.15) is 5.82 Å². The maximum absolute atomic E-state index is 9.83. The zero-order valence-electron chi connectivity index (χ0n) is 43.6. The molecule has 4 heterocycles. The average molecular weight is 838 g/mol. The van der Waals surface area contributed by atoms with E-state index in [4.69, 9.17) is 13.5 Å². The molecule has 0 radical (unpaired) electrons. The van der Waals surface area contributed by atoms with Gasteiger partial charge in [-0.05, 0) is 98.1 Å². The van der Waals surface area contributed by atoms with Gasteiger partial charge in [0.2, 0.25) is 0 Å². The predicted octanol–water partition coefficient (Wildman–Crippen LogP) is 14.5. The number of pyridine rings is 1. The van der Waals surface area contributed by atoms with Crippen molar-refractivity contribution in [2.45, 2.75) is 58.7 Å². The molecule has 5 heteroatoms. The number of para-hydroxylation sites is 4. The van der Waals surface area contributed by atoms with Crippen LogP contribution >= 0.6 is 0 Å². The van der Waals surface area contributed by atoms with E-state index in [2.05, 4.69) is 82.8 Å². The Morgan fingerprint density at radius 1 is 0.641 bits per heavy atom. The molecule has 0 aliphatic heterocycles. The van der Waals surface area contributed by atoms with Crippen LogP contribution in [0.1, 0.15) is 73.4 Å². The van der Waals surface area contributed by atoms with Gasteiger partial charge >= 0.3 is 0 Å². The minimum Gasteiger partial charge on any atom is -0.463 e. The normalized spacial score (nSPS) is 14.1. The van der Waals surface area contributed by atoms with Gasteiger partial charge < -0.3 is 4.42 Å². The van der Waals surface area contributed by atoms with Crippen LogP contribution in [0.15, 0.2) is 187 Å². The van der Waals surface area contributed by atoms with Gasteiger partial charge in [-0.1, -0.05) is 175 Å². The third kappa shape index (κ3) is 6.89. The number of imidazole rings is 1. The quantitative estimate of drug-likeness (QED) is 0.118. The van der Waals surface area contributed by atoms with Crippen molar-refractivity contribution >= 4 is 43.8 Å². The molecule has 0 saturated carbocycles. The highest BCUT2D eigenvalue weighted by atomic mass is 16.3. The maximum atomic E-state index is 9.83. The molecule has 64 heavy (non-hydrogen) atoms. The van der Waals surface area contributed by atoms with Gasteiger partial charge in [0.15, 0.2) is 5.58 Å². The Hall–Kier alpha value is -7.50. The van der Waals surface area contributed by atoms with Crippen LogP contribution < -0.4 is 4.57 Å². The minimum atomic E-state index is -1.96. The van der Waals surface area contributed by atoms with Gasteiger partial charge in [0, 0.05) is 18.9 Å². The van der Waals surface area contributed by atoms with Gasteiger partial charge in [0.05, 0.1) is 52.8 Å². The molecule has 5 nitrogen and oxygen atoms in total. The molecule has 0 spiro atoms. The first-order valence-electron chi connectivity index (χ1n) is 25.1.